The number of nitro benzene ring substituents is 1. The van der Waals surface area contributed by atoms with Crippen molar-refractivity contribution in [2.24, 2.45) is 5.41 Å². The minimum atomic E-state index is -4.61. The normalized spacial score (nSPS) is 24.1. The molecule has 64 heavy (non-hydrogen) atoms. The van der Waals surface area contributed by atoms with Crippen molar-refractivity contribution in [1.29, 1.82) is 0 Å². The summed E-state index contributed by atoms with van der Waals surface area (Å²) in [4.78, 5) is 40.6. The van der Waals surface area contributed by atoms with E-state index in [1.54, 1.807) is 12.3 Å². The maximum atomic E-state index is 14.5. The third kappa shape index (κ3) is 7.30. The minimum absolute atomic E-state index is 0.0951. The number of hydrogen-bond acceptors (Lipinski definition) is 14. The number of likely N-dealkylation sites (tertiary alicyclic amines) is 1. The summed E-state index contributed by atoms with van der Waals surface area (Å²) < 4.78 is 53.6. The highest BCUT2D eigenvalue weighted by Crippen LogP contribution is 2.55. The van der Waals surface area contributed by atoms with Crippen LogP contribution in [-0.2, 0) is 24.2 Å². The summed E-state index contributed by atoms with van der Waals surface area (Å²) in [7, 11) is -4.61. The second kappa shape index (κ2) is 16.0. The van der Waals surface area contributed by atoms with Crippen molar-refractivity contribution in [2.75, 3.05) is 74.3 Å². The van der Waals surface area contributed by atoms with Gasteiger partial charge in [-0.25, -0.2) is 13.1 Å². The van der Waals surface area contributed by atoms with Crippen LogP contribution in [0.1, 0.15) is 53.2 Å². The minimum Gasteiger partial charge on any atom is -0.468 e. The van der Waals surface area contributed by atoms with Gasteiger partial charge in [0.1, 0.15) is 23.1 Å². The Balaban J connectivity index is 0.881. The number of benzene rings is 3. The van der Waals surface area contributed by atoms with Gasteiger partial charge in [0.15, 0.2) is 0 Å². The Kier molecular flexibility index (Phi) is 10.3. The van der Waals surface area contributed by atoms with Crippen LogP contribution in [0.2, 0.25) is 0 Å². The number of rotatable bonds is 11. The van der Waals surface area contributed by atoms with E-state index in [9.17, 15) is 23.3 Å². The number of sulfonamides is 1. The zero-order valence-corrected chi connectivity index (χ0v) is 36.2. The Labute approximate surface area is 370 Å². The number of aromatic nitrogens is 2. The van der Waals surface area contributed by atoms with E-state index >= 15 is 0 Å². The first-order chi connectivity index (χ1) is 31.0. The molecule has 4 atom stereocenters. The van der Waals surface area contributed by atoms with Gasteiger partial charge in [0.2, 0.25) is 5.88 Å². The van der Waals surface area contributed by atoms with Gasteiger partial charge in [0.05, 0.1) is 66.2 Å². The lowest BCUT2D eigenvalue weighted by Gasteiger charge is -2.62. The number of H-pyrrole nitrogens is 1. The van der Waals surface area contributed by atoms with Crippen molar-refractivity contribution in [3.05, 3.63) is 106 Å². The van der Waals surface area contributed by atoms with E-state index in [0.29, 0.717) is 68.0 Å². The van der Waals surface area contributed by atoms with Gasteiger partial charge in [-0.3, -0.25) is 19.8 Å². The topological polar surface area (TPSA) is 194 Å². The molecule has 0 unspecified atom stereocenters. The Bertz CT molecular complexity index is 2750. The smallest absolute Gasteiger partial charge is 0.293 e. The lowest BCUT2D eigenvalue weighted by molar-refractivity contribution is -0.384. The van der Waals surface area contributed by atoms with E-state index in [4.69, 9.17) is 23.9 Å². The van der Waals surface area contributed by atoms with E-state index in [1.807, 2.05) is 29.2 Å². The first-order valence-corrected chi connectivity index (χ1v) is 23.5. The number of nitrogens with one attached hydrogen (secondary N) is 3. The number of anilines is 4. The van der Waals surface area contributed by atoms with Crippen molar-refractivity contribution in [3.63, 3.8) is 0 Å². The number of pyridine rings is 1. The van der Waals surface area contributed by atoms with Crippen LogP contribution in [0.15, 0.2) is 83.9 Å². The van der Waals surface area contributed by atoms with Crippen LogP contribution >= 0.6 is 0 Å². The number of carbonyl (C=O) groups excluding carboxylic acids is 1. The van der Waals surface area contributed by atoms with E-state index in [-0.39, 0.29) is 35.4 Å². The average molecular weight is 891 g/mol. The van der Waals surface area contributed by atoms with Gasteiger partial charge in [0, 0.05) is 60.5 Å². The molecule has 1 saturated carbocycles. The Morgan fingerprint density at radius 2 is 1.86 bits per heavy atom. The standard InChI is InChI=1S/C46H50N8O9S/c1-28-5-2-3-6-34(28)37-7-4-14-52(37)31-20-46(21-31)26-51(27-46)30-8-10-35(38(18-30)53-40-17-29-12-13-47-43(29)49-45(40)63-42-25-61-24-41(42)53)44(55)50-64(58,59)33-9-11-36(39(19-33)54(56)57)48-22-32-23-60-15-16-62-32/h2-3,5-6,8-13,17-19,31-32,37,41-42,48H,4,7,14-16,20-27H2,1H3,(H,47,49)(H,50,55)/t32-,37-,41-,42-/m0/s1. The molecule has 11 rings (SSSR count). The molecule has 1 aliphatic carbocycles. The van der Waals surface area contributed by atoms with E-state index in [0.717, 1.165) is 49.6 Å². The van der Waals surface area contributed by atoms with Crippen molar-refractivity contribution < 1.29 is 37.1 Å². The summed E-state index contributed by atoms with van der Waals surface area (Å²) >= 11 is 0. The molecule has 17 nitrogen and oxygen atoms in total. The lowest BCUT2D eigenvalue weighted by atomic mass is 9.60. The van der Waals surface area contributed by atoms with Gasteiger partial charge in [0.25, 0.3) is 21.6 Å². The van der Waals surface area contributed by atoms with Crippen LogP contribution < -0.4 is 24.6 Å². The van der Waals surface area contributed by atoms with Gasteiger partial charge in [-0.2, -0.15) is 4.98 Å². The van der Waals surface area contributed by atoms with Crippen molar-refractivity contribution in [1.82, 2.24) is 19.6 Å². The van der Waals surface area contributed by atoms with Crippen molar-refractivity contribution in [2.45, 2.75) is 67.8 Å². The summed E-state index contributed by atoms with van der Waals surface area (Å²) in [6.45, 7) is 7.11. The summed E-state index contributed by atoms with van der Waals surface area (Å²) in [5, 5.41) is 16.0. The highest BCUT2D eigenvalue weighted by Gasteiger charge is 2.55. The van der Waals surface area contributed by atoms with Crippen molar-refractivity contribution in [3.8, 4) is 5.88 Å². The fourth-order valence-electron chi connectivity index (χ4n) is 10.8. The van der Waals surface area contributed by atoms with Gasteiger partial charge in [-0.1, -0.05) is 24.3 Å². The molecule has 3 N–H and O–H groups in total. The quantitative estimate of drug-likeness (QED) is 0.106. The third-order valence-corrected chi connectivity index (χ3v) is 15.3. The Morgan fingerprint density at radius 1 is 1.00 bits per heavy atom. The fourth-order valence-corrected chi connectivity index (χ4v) is 11.8. The Hall–Kier alpha value is -5.79. The van der Waals surface area contributed by atoms with Crippen LogP contribution in [0.25, 0.3) is 11.0 Å². The van der Waals surface area contributed by atoms with E-state index in [1.165, 1.54) is 36.1 Å². The molecule has 6 aliphatic rings. The third-order valence-electron chi connectivity index (χ3n) is 14.0. The van der Waals surface area contributed by atoms with Gasteiger partial charge >= 0.3 is 0 Å². The van der Waals surface area contributed by atoms with Crippen LogP contribution in [0.4, 0.5) is 28.4 Å². The van der Waals surface area contributed by atoms with Crippen LogP contribution in [0.3, 0.4) is 0 Å². The number of fused-ring (bicyclic) bond motifs is 3. The zero-order valence-electron chi connectivity index (χ0n) is 35.4. The summed E-state index contributed by atoms with van der Waals surface area (Å²) in [6.07, 6.45) is 5.72. The number of ether oxygens (including phenoxy) is 4. The molecule has 5 fully saturated rings. The molecule has 2 aromatic heterocycles. The zero-order chi connectivity index (χ0) is 43.7. The predicted molar refractivity (Wildman–Crippen MR) is 238 cm³/mol. The SMILES string of the molecule is Cc1ccccc1[C@@H]1CCCN1C1CC2(C1)CN(c1ccc(C(=O)NS(=O)(=O)c3ccc(NC[C@H]4COCCO4)c([N+](=O)[O-])c3)c(N3c4cc5cc[nH]c5nc4O[C@H]4COC[C@@H]43)c1)C2. The van der Waals surface area contributed by atoms with Crippen LogP contribution in [-0.4, -0.2) is 118 Å². The van der Waals surface area contributed by atoms with E-state index < -0.39 is 37.5 Å². The fraction of sp³-hybridized carbons (Fsp3) is 0.435. The monoisotopic (exact) mass is 890 g/mol. The summed E-state index contributed by atoms with van der Waals surface area (Å²) in [5.41, 5.74) is 5.38. The molecular weight excluding hydrogens is 841 g/mol. The second-order valence-electron chi connectivity index (χ2n) is 18.1. The summed E-state index contributed by atoms with van der Waals surface area (Å²) in [6, 6.07) is 22.2. The number of nitro groups is 1. The van der Waals surface area contributed by atoms with Gasteiger partial charge in [-0.05, 0) is 92.7 Å². The molecule has 3 aromatic carbocycles. The molecule has 18 heteroatoms. The van der Waals surface area contributed by atoms with Crippen molar-refractivity contribution >= 4 is 55.4 Å². The van der Waals surface area contributed by atoms with Gasteiger partial charge in [-0.15, -0.1) is 0 Å². The highest BCUT2D eigenvalue weighted by atomic mass is 32.2. The Morgan fingerprint density at radius 3 is 2.67 bits per heavy atom. The summed E-state index contributed by atoms with van der Waals surface area (Å²) in [5.74, 6) is -0.528. The number of aromatic amines is 1. The largest absolute Gasteiger partial charge is 0.468 e. The molecule has 334 valence electrons. The lowest BCUT2D eigenvalue weighted by Crippen LogP contribution is -2.66. The molecule has 5 aromatic rings. The van der Waals surface area contributed by atoms with E-state index in [2.05, 4.69) is 56.0 Å². The number of hydrogen-bond donors (Lipinski definition) is 3. The number of carbonyl (C=O) groups is 1. The molecule has 7 heterocycles. The van der Waals surface area contributed by atoms with Crippen LogP contribution in [0, 0.1) is 22.5 Å². The molecule has 1 spiro atoms. The molecule has 0 bridgehead atoms. The molecule has 0 radical (unpaired) electrons. The average Bonchev–Trinajstić information content (AvgIpc) is 4.05. The van der Waals surface area contributed by atoms with Crippen LogP contribution in [0.5, 0.6) is 5.88 Å². The predicted octanol–water partition coefficient (Wildman–Crippen LogP) is 5.83. The number of amides is 1. The maximum absolute atomic E-state index is 14.5. The maximum Gasteiger partial charge on any atom is 0.293 e. The first kappa shape index (κ1) is 40.9. The molecule has 1 amide bonds. The number of aryl methyl sites for hydroxylation is 1. The molecular formula is C46H50N8O9S. The first-order valence-electron chi connectivity index (χ1n) is 22.0. The number of nitrogens with zero attached hydrogens (tertiary/aromatic N) is 5. The highest BCUT2D eigenvalue weighted by molar-refractivity contribution is 7.90. The van der Waals surface area contributed by atoms with Gasteiger partial charge < -0.3 is 39.0 Å². The second-order valence-corrected chi connectivity index (χ2v) is 19.7. The molecule has 5 aliphatic heterocycles. The molecule has 4 saturated heterocycles.